The van der Waals surface area contributed by atoms with Crippen LogP contribution in [0.25, 0.3) is 0 Å². The number of rotatable bonds is 5. The molecule has 2 rings (SSSR count). The van der Waals surface area contributed by atoms with Crippen molar-refractivity contribution in [2.45, 2.75) is 11.4 Å². The van der Waals surface area contributed by atoms with E-state index in [4.69, 9.17) is 11.1 Å². The van der Waals surface area contributed by atoms with Crippen LogP contribution in [0.2, 0.25) is 0 Å². The summed E-state index contributed by atoms with van der Waals surface area (Å²) in [5, 5.41) is 8.70. The Bertz CT molecular complexity index is 766. The Morgan fingerprint density at radius 3 is 2.57 bits per heavy atom. The van der Waals surface area contributed by atoms with Crippen molar-refractivity contribution in [3.63, 3.8) is 0 Å². The van der Waals surface area contributed by atoms with Gasteiger partial charge in [0.15, 0.2) is 0 Å². The quantitative estimate of drug-likeness (QED) is 0.552. The molecule has 0 atom stereocenters. The summed E-state index contributed by atoms with van der Waals surface area (Å²) in [6, 6.07) is 11.4. The molecule has 2 aromatic rings. The average molecular weight is 303 g/mol. The minimum atomic E-state index is -3.66. The van der Waals surface area contributed by atoms with Crippen LogP contribution in [0.4, 0.5) is 5.82 Å². The Hall–Kier alpha value is -2.47. The topological polar surface area (TPSA) is 121 Å². The first-order valence-electron chi connectivity index (χ1n) is 5.96. The third kappa shape index (κ3) is 3.76. The second-order valence-electron chi connectivity index (χ2n) is 4.15. The lowest BCUT2D eigenvalue weighted by molar-refractivity contribution is 0.581. The molecule has 0 bridgehead atoms. The average Bonchev–Trinajstić information content (AvgIpc) is 2.53. The van der Waals surface area contributed by atoms with Crippen LogP contribution in [-0.4, -0.2) is 13.4 Å². The zero-order valence-corrected chi connectivity index (χ0v) is 11.8. The first-order valence-corrected chi connectivity index (χ1v) is 7.45. The lowest BCUT2D eigenvalue weighted by Crippen LogP contribution is -2.23. The monoisotopic (exact) mass is 303 g/mol. The van der Waals surface area contributed by atoms with Crippen molar-refractivity contribution in [1.82, 2.24) is 9.71 Å². The largest absolute Gasteiger partial charge is 0.308 e. The standard InChI is InChI=1S/C13H13N5O2S/c14-8-10-1-3-11(4-2-10)9-17-21(19,20)12-5-6-16-13(7-12)18-15/h1-7,17H,9,15H2,(H,16,18). The van der Waals surface area contributed by atoms with Crippen molar-refractivity contribution in [1.29, 1.82) is 5.26 Å². The highest BCUT2D eigenvalue weighted by Gasteiger charge is 2.14. The number of nitrogens with zero attached hydrogens (tertiary/aromatic N) is 2. The van der Waals surface area contributed by atoms with Crippen LogP contribution in [-0.2, 0) is 16.6 Å². The smallest absolute Gasteiger partial charge is 0.241 e. The summed E-state index contributed by atoms with van der Waals surface area (Å²) in [6.07, 6.45) is 1.35. The maximum atomic E-state index is 12.1. The number of hydrogen-bond acceptors (Lipinski definition) is 6. The molecule has 7 nitrogen and oxygen atoms in total. The summed E-state index contributed by atoms with van der Waals surface area (Å²) < 4.78 is 26.7. The third-order valence-electron chi connectivity index (χ3n) is 2.74. The second-order valence-corrected chi connectivity index (χ2v) is 5.92. The molecule has 0 aliphatic heterocycles. The van der Waals surface area contributed by atoms with Gasteiger partial charge in [-0.3, -0.25) is 0 Å². The molecule has 1 aromatic carbocycles. The number of sulfonamides is 1. The van der Waals surface area contributed by atoms with Crippen LogP contribution in [0, 0.1) is 11.3 Å². The van der Waals surface area contributed by atoms with E-state index in [0.29, 0.717) is 5.56 Å². The van der Waals surface area contributed by atoms with Gasteiger partial charge < -0.3 is 5.43 Å². The Kier molecular flexibility index (Phi) is 4.49. The second kappa shape index (κ2) is 6.32. The fraction of sp³-hybridized carbons (Fsp3) is 0.0769. The first-order chi connectivity index (χ1) is 10.0. The Balaban J connectivity index is 2.11. The summed E-state index contributed by atoms with van der Waals surface area (Å²) in [7, 11) is -3.66. The highest BCUT2D eigenvalue weighted by atomic mass is 32.2. The highest BCUT2D eigenvalue weighted by Crippen LogP contribution is 2.12. The molecule has 0 spiro atoms. The summed E-state index contributed by atoms with van der Waals surface area (Å²) in [5.74, 6) is 5.46. The van der Waals surface area contributed by atoms with Crippen molar-refractivity contribution in [3.8, 4) is 6.07 Å². The third-order valence-corrected chi connectivity index (χ3v) is 4.14. The number of aromatic nitrogens is 1. The predicted octanol–water partition coefficient (Wildman–Crippen LogP) is 0.717. The molecule has 1 aromatic heterocycles. The van der Waals surface area contributed by atoms with Gasteiger partial charge in [-0.05, 0) is 23.8 Å². The summed E-state index contributed by atoms with van der Waals surface area (Å²) in [4.78, 5) is 3.92. The van der Waals surface area contributed by atoms with Gasteiger partial charge in [0, 0.05) is 18.8 Å². The Labute approximate surface area is 122 Å². The summed E-state index contributed by atoms with van der Waals surface area (Å²) in [6.45, 7) is 0.127. The Morgan fingerprint density at radius 2 is 1.95 bits per heavy atom. The minimum Gasteiger partial charge on any atom is -0.308 e. The number of benzene rings is 1. The fourth-order valence-electron chi connectivity index (χ4n) is 1.62. The van der Waals surface area contributed by atoms with E-state index >= 15 is 0 Å². The number of hydrazine groups is 1. The van der Waals surface area contributed by atoms with E-state index in [0.717, 1.165) is 5.56 Å². The maximum Gasteiger partial charge on any atom is 0.241 e. The molecule has 0 fully saturated rings. The minimum absolute atomic E-state index is 0.0686. The van der Waals surface area contributed by atoms with Gasteiger partial charge >= 0.3 is 0 Å². The lowest BCUT2D eigenvalue weighted by atomic mass is 10.1. The summed E-state index contributed by atoms with van der Waals surface area (Å²) >= 11 is 0. The van der Waals surface area contributed by atoms with Crippen LogP contribution >= 0.6 is 0 Å². The molecule has 0 amide bonds. The van der Waals surface area contributed by atoms with Crippen molar-refractivity contribution in [2.75, 3.05) is 5.43 Å². The van der Waals surface area contributed by atoms with Crippen LogP contribution in [0.1, 0.15) is 11.1 Å². The van der Waals surface area contributed by atoms with Gasteiger partial charge in [0.05, 0.1) is 16.5 Å². The van der Waals surface area contributed by atoms with E-state index in [9.17, 15) is 8.42 Å². The number of anilines is 1. The van der Waals surface area contributed by atoms with Crippen molar-refractivity contribution in [3.05, 3.63) is 53.7 Å². The van der Waals surface area contributed by atoms with E-state index in [1.54, 1.807) is 24.3 Å². The zero-order chi connectivity index (χ0) is 15.3. The van der Waals surface area contributed by atoms with E-state index in [1.165, 1.54) is 18.3 Å². The molecule has 4 N–H and O–H groups in total. The molecule has 0 aliphatic rings. The highest BCUT2D eigenvalue weighted by molar-refractivity contribution is 7.89. The molecule has 0 unspecified atom stereocenters. The fourth-order valence-corrected chi connectivity index (χ4v) is 2.65. The molecule has 0 saturated heterocycles. The van der Waals surface area contributed by atoms with Crippen molar-refractivity contribution < 1.29 is 8.42 Å². The van der Waals surface area contributed by atoms with Gasteiger partial charge in [-0.15, -0.1) is 0 Å². The first kappa shape index (κ1) is 14.9. The number of nitrogens with two attached hydrogens (primary N) is 1. The van der Waals surface area contributed by atoms with Crippen LogP contribution in [0.15, 0.2) is 47.5 Å². The number of nitriles is 1. The van der Waals surface area contributed by atoms with Gasteiger partial charge in [-0.25, -0.2) is 24.0 Å². The normalized spacial score (nSPS) is 10.9. The number of hydrogen-bond donors (Lipinski definition) is 3. The van der Waals surface area contributed by atoms with Gasteiger partial charge in [-0.1, -0.05) is 12.1 Å². The van der Waals surface area contributed by atoms with Crippen molar-refractivity contribution in [2.24, 2.45) is 5.84 Å². The van der Waals surface area contributed by atoms with Gasteiger partial charge in [0.2, 0.25) is 10.0 Å². The molecular weight excluding hydrogens is 290 g/mol. The van der Waals surface area contributed by atoms with E-state index in [-0.39, 0.29) is 17.3 Å². The van der Waals surface area contributed by atoms with Crippen molar-refractivity contribution >= 4 is 15.8 Å². The maximum absolute atomic E-state index is 12.1. The molecule has 0 aliphatic carbocycles. The van der Waals surface area contributed by atoms with Crippen LogP contribution < -0.4 is 16.0 Å². The predicted molar refractivity (Wildman–Crippen MR) is 77.2 cm³/mol. The van der Waals surface area contributed by atoms with Crippen LogP contribution in [0.3, 0.4) is 0 Å². The van der Waals surface area contributed by atoms with E-state index < -0.39 is 10.0 Å². The van der Waals surface area contributed by atoms with Gasteiger partial charge in [0.25, 0.3) is 0 Å². The molecule has 1 heterocycles. The van der Waals surface area contributed by atoms with Gasteiger partial charge in [0.1, 0.15) is 5.82 Å². The number of pyridine rings is 1. The molecule has 21 heavy (non-hydrogen) atoms. The van der Waals surface area contributed by atoms with E-state index in [1.807, 2.05) is 6.07 Å². The molecule has 108 valence electrons. The summed E-state index contributed by atoms with van der Waals surface area (Å²) in [5.41, 5.74) is 3.57. The van der Waals surface area contributed by atoms with Crippen LogP contribution in [0.5, 0.6) is 0 Å². The Morgan fingerprint density at radius 1 is 1.24 bits per heavy atom. The van der Waals surface area contributed by atoms with Gasteiger partial charge in [-0.2, -0.15) is 5.26 Å². The number of nitrogens with one attached hydrogen (secondary N) is 2. The number of nitrogen functional groups attached to an aromatic ring is 1. The SMILES string of the molecule is N#Cc1ccc(CNS(=O)(=O)c2ccnc(NN)c2)cc1. The lowest BCUT2D eigenvalue weighted by Gasteiger charge is -2.08. The zero-order valence-electron chi connectivity index (χ0n) is 10.9. The molecular formula is C13H13N5O2S. The van der Waals surface area contributed by atoms with E-state index in [2.05, 4.69) is 15.1 Å². The molecule has 0 saturated carbocycles. The molecule has 8 heteroatoms. The molecule has 0 radical (unpaired) electrons.